The van der Waals surface area contributed by atoms with E-state index in [1.54, 1.807) is 0 Å². The summed E-state index contributed by atoms with van der Waals surface area (Å²) in [4.78, 5) is 30.7. The maximum Gasteiger partial charge on any atom is 0.254 e. The highest BCUT2D eigenvalue weighted by Gasteiger charge is 2.32. The van der Waals surface area contributed by atoms with E-state index in [9.17, 15) is 9.59 Å². The summed E-state index contributed by atoms with van der Waals surface area (Å²) in [6, 6.07) is 9.76. The lowest BCUT2D eigenvalue weighted by Crippen LogP contribution is -2.50. The van der Waals surface area contributed by atoms with Crippen LogP contribution in [0.4, 0.5) is 0 Å². The average Bonchev–Trinajstić information content (AvgIpc) is 2.89. The topological polar surface area (TPSA) is 123 Å². The smallest absolute Gasteiger partial charge is 0.254 e. The molecule has 184 valence electrons. The first-order chi connectivity index (χ1) is 17.0. The third-order valence-corrected chi connectivity index (χ3v) is 6.83. The minimum atomic E-state index is -0.600. The van der Waals surface area contributed by atoms with Crippen LogP contribution in [-0.4, -0.2) is 48.2 Å². The molecule has 0 saturated carbocycles. The summed E-state index contributed by atoms with van der Waals surface area (Å²) >= 11 is 0. The SMILES string of the molecule is C=CC(=O)N1CCC(C2CCN=C(C(C(N)=O)=C(N)C3=CC=C(Oc4ccccc4)CC3)N2)CC1. The van der Waals surface area contributed by atoms with Crippen LogP contribution >= 0.6 is 0 Å². The third-order valence-electron chi connectivity index (χ3n) is 6.83. The van der Waals surface area contributed by atoms with Crippen LogP contribution in [0.5, 0.6) is 5.75 Å². The Kier molecular flexibility index (Phi) is 7.70. The Hall–Kier alpha value is -3.81. The second-order valence-electron chi connectivity index (χ2n) is 9.03. The van der Waals surface area contributed by atoms with E-state index in [-0.39, 0.29) is 17.5 Å². The van der Waals surface area contributed by atoms with Crippen molar-refractivity contribution in [2.45, 2.75) is 38.1 Å². The Morgan fingerprint density at radius 2 is 1.83 bits per heavy atom. The summed E-state index contributed by atoms with van der Waals surface area (Å²) in [5, 5.41) is 3.44. The molecule has 1 saturated heterocycles. The van der Waals surface area contributed by atoms with Crippen LogP contribution in [-0.2, 0) is 9.59 Å². The number of piperidine rings is 1. The molecule has 2 aliphatic heterocycles. The molecule has 1 aromatic rings. The van der Waals surface area contributed by atoms with Gasteiger partial charge in [0.25, 0.3) is 5.91 Å². The van der Waals surface area contributed by atoms with Gasteiger partial charge in [0, 0.05) is 32.1 Å². The standard InChI is InChI=1S/C27H33N5O3/c1-2-23(33)32-16-13-18(14-17-32)22-12-15-30-27(31-22)24(26(29)34)25(28)19-8-10-21(11-9-19)35-20-6-4-3-5-7-20/h2-8,10,18,22H,1,9,11-17,28H2,(H2,29,34)(H,30,31). The zero-order chi connectivity index (χ0) is 24.8. The number of ether oxygens (including phenoxy) is 1. The van der Waals surface area contributed by atoms with Crippen molar-refractivity contribution in [3.05, 3.63) is 77.7 Å². The van der Waals surface area contributed by atoms with Gasteiger partial charge >= 0.3 is 0 Å². The van der Waals surface area contributed by atoms with Crippen LogP contribution in [0.3, 0.4) is 0 Å². The van der Waals surface area contributed by atoms with Crippen molar-refractivity contribution in [1.29, 1.82) is 0 Å². The van der Waals surface area contributed by atoms with Crippen LogP contribution in [0.15, 0.2) is 82.7 Å². The summed E-state index contributed by atoms with van der Waals surface area (Å²) in [6.45, 7) is 5.57. The number of nitrogens with one attached hydrogen (secondary N) is 1. The lowest BCUT2D eigenvalue weighted by molar-refractivity contribution is -0.127. The molecule has 3 aliphatic rings. The number of nitrogens with zero attached hydrogens (tertiary/aromatic N) is 2. The van der Waals surface area contributed by atoms with E-state index in [1.807, 2.05) is 47.4 Å². The lowest BCUT2D eigenvalue weighted by atomic mass is 9.86. The van der Waals surface area contributed by atoms with E-state index in [2.05, 4.69) is 16.9 Å². The summed E-state index contributed by atoms with van der Waals surface area (Å²) in [5.41, 5.74) is 13.7. The summed E-state index contributed by atoms with van der Waals surface area (Å²) < 4.78 is 5.92. The molecule has 2 amide bonds. The fourth-order valence-electron chi connectivity index (χ4n) is 4.87. The summed E-state index contributed by atoms with van der Waals surface area (Å²) in [7, 11) is 0. The number of amidine groups is 1. The fourth-order valence-corrected chi connectivity index (χ4v) is 4.87. The van der Waals surface area contributed by atoms with E-state index in [1.165, 1.54) is 6.08 Å². The molecule has 1 aliphatic carbocycles. The van der Waals surface area contributed by atoms with E-state index in [0.717, 1.165) is 36.3 Å². The molecule has 0 spiro atoms. The van der Waals surface area contributed by atoms with Gasteiger partial charge in [-0.1, -0.05) is 30.9 Å². The zero-order valence-electron chi connectivity index (χ0n) is 19.9. The number of benzene rings is 1. The molecule has 0 aromatic heterocycles. The first-order valence-electron chi connectivity index (χ1n) is 12.1. The van der Waals surface area contributed by atoms with Gasteiger partial charge in [-0.05, 0) is 61.5 Å². The monoisotopic (exact) mass is 475 g/mol. The molecule has 4 rings (SSSR count). The molecular weight excluding hydrogens is 442 g/mol. The molecule has 2 heterocycles. The maximum atomic E-state index is 12.5. The highest BCUT2D eigenvalue weighted by Crippen LogP contribution is 2.28. The van der Waals surface area contributed by atoms with Gasteiger partial charge in [-0.25, -0.2) is 0 Å². The van der Waals surface area contributed by atoms with Crippen LogP contribution in [0.2, 0.25) is 0 Å². The highest BCUT2D eigenvalue weighted by molar-refractivity contribution is 6.21. The molecule has 1 aromatic carbocycles. The number of amides is 2. The van der Waals surface area contributed by atoms with Gasteiger partial charge in [-0.3, -0.25) is 14.6 Å². The fraction of sp³-hybridized carbons (Fsp3) is 0.370. The Labute approximate surface area is 206 Å². The number of para-hydroxylation sites is 1. The van der Waals surface area contributed by atoms with E-state index >= 15 is 0 Å². The Morgan fingerprint density at radius 1 is 1.09 bits per heavy atom. The van der Waals surface area contributed by atoms with Crippen LogP contribution in [0.1, 0.15) is 32.1 Å². The quantitative estimate of drug-likeness (QED) is 0.523. The number of rotatable bonds is 7. The number of primary amides is 1. The highest BCUT2D eigenvalue weighted by atomic mass is 16.5. The van der Waals surface area contributed by atoms with Gasteiger partial charge in [0.05, 0.1) is 5.70 Å². The molecule has 8 heteroatoms. The maximum absolute atomic E-state index is 12.5. The molecular formula is C27H33N5O3. The zero-order valence-corrected chi connectivity index (χ0v) is 19.9. The predicted octanol–water partition coefficient (Wildman–Crippen LogP) is 2.55. The van der Waals surface area contributed by atoms with Crippen LogP contribution < -0.4 is 21.5 Å². The molecule has 35 heavy (non-hydrogen) atoms. The number of allylic oxidation sites excluding steroid dienone is 4. The van der Waals surface area contributed by atoms with Crippen molar-refractivity contribution in [2.75, 3.05) is 19.6 Å². The summed E-state index contributed by atoms with van der Waals surface area (Å²) in [5.74, 6) is 1.83. The van der Waals surface area contributed by atoms with Gasteiger partial charge in [-0.15, -0.1) is 0 Å². The van der Waals surface area contributed by atoms with E-state index < -0.39 is 5.91 Å². The molecule has 1 fully saturated rings. The first-order valence-corrected chi connectivity index (χ1v) is 12.1. The van der Waals surface area contributed by atoms with E-state index in [0.29, 0.717) is 49.9 Å². The number of likely N-dealkylation sites (tertiary alicyclic amines) is 1. The Morgan fingerprint density at radius 3 is 2.46 bits per heavy atom. The average molecular weight is 476 g/mol. The largest absolute Gasteiger partial charge is 0.462 e. The second-order valence-corrected chi connectivity index (χ2v) is 9.03. The van der Waals surface area contributed by atoms with Crippen molar-refractivity contribution in [2.24, 2.45) is 22.4 Å². The molecule has 0 radical (unpaired) electrons. The van der Waals surface area contributed by atoms with Crippen molar-refractivity contribution in [3.8, 4) is 5.75 Å². The van der Waals surface area contributed by atoms with Gasteiger partial charge in [0.1, 0.15) is 22.9 Å². The van der Waals surface area contributed by atoms with Crippen molar-refractivity contribution >= 4 is 17.6 Å². The van der Waals surface area contributed by atoms with Gasteiger partial charge < -0.3 is 26.4 Å². The van der Waals surface area contributed by atoms with Gasteiger partial charge in [0.15, 0.2) is 0 Å². The molecule has 5 N–H and O–H groups in total. The second kappa shape index (κ2) is 11.1. The number of hydrogen-bond donors (Lipinski definition) is 3. The normalized spacial score (nSPS) is 21.5. The van der Waals surface area contributed by atoms with E-state index in [4.69, 9.17) is 16.2 Å². The Balaban J connectivity index is 1.46. The lowest BCUT2D eigenvalue weighted by Gasteiger charge is -2.38. The summed E-state index contributed by atoms with van der Waals surface area (Å²) in [6.07, 6.45) is 9.06. The minimum Gasteiger partial charge on any atom is -0.462 e. The van der Waals surface area contributed by atoms with Crippen molar-refractivity contribution in [1.82, 2.24) is 10.2 Å². The number of carbonyl (C=O) groups is 2. The number of carbonyl (C=O) groups excluding carboxylic acids is 2. The van der Waals surface area contributed by atoms with Crippen molar-refractivity contribution in [3.63, 3.8) is 0 Å². The number of hydrogen-bond acceptors (Lipinski definition) is 6. The van der Waals surface area contributed by atoms with Gasteiger partial charge in [0.2, 0.25) is 5.91 Å². The number of aliphatic imine (C=N–C) groups is 1. The minimum absolute atomic E-state index is 0.0267. The van der Waals surface area contributed by atoms with Crippen LogP contribution in [0, 0.1) is 5.92 Å². The number of nitrogens with two attached hydrogens (primary N) is 2. The van der Waals surface area contributed by atoms with Crippen molar-refractivity contribution < 1.29 is 14.3 Å². The molecule has 1 atom stereocenters. The Bertz CT molecular complexity index is 1100. The molecule has 0 bridgehead atoms. The molecule has 1 unspecified atom stereocenters. The molecule has 8 nitrogen and oxygen atoms in total. The van der Waals surface area contributed by atoms with Crippen LogP contribution in [0.25, 0.3) is 0 Å². The third kappa shape index (κ3) is 5.82. The predicted molar refractivity (Wildman–Crippen MR) is 136 cm³/mol. The first kappa shape index (κ1) is 24.3. The van der Waals surface area contributed by atoms with Gasteiger partial charge in [-0.2, -0.15) is 0 Å².